The Bertz CT molecular complexity index is 586. The predicted octanol–water partition coefficient (Wildman–Crippen LogP) is 4.02. The van der Waals surface area contributed by atoms with Crippen LogP contribution in [0.1, 0.15) is 18.5 Å². The molecule has 0 aromatic heterocycles. The SMILES string of the molecule is COc1cc(NC(C)c2ccccc2OC)ccc1F. The van der Waals surface area contributed by atoms with Crippen LogP contribution in [0.2, 0.25) is 0 Å². The Hall–Kier alpha value is -2.23. The first-order valence-corrected chi connectivity index (χ1v) is 6.38. The van der Waals surface area contributed by atoms with Gasteiger partial charge in [0.15, 0.2) is 11.6 Å². The van der Waals surface area contributed by atoms with Crippen LogP contribution in [0.5, 0.6) is 11.5 Å². The van der Waals surface area contributed by atoms with Gasteiger partial charge in [-0.2, -0.15) is 0 Å². The van der Waals surface area contributed by atoms with Crippen molar-refractivity contribution in [3.05, 3.63) is 53.8 Å². The van der Waals surface area contributed by atoms with E-state index in [1.54, 1.807) is 19.2 Å². The summed E-state index contributed by atoms with van der Waals surface area (Å²) in [5, 5.41) is 3.31. The lowest BCUT2D eigenvalue weighted by atomic mass is 10.1. The maximum atomic E-state index is 13.4. The molecule has 0 heterocycles. The summed E-state index contributed by atoms with van der Waals surface area (Å²) in [6.07, 6.45) is 0. The van der Waals surface area contributed by atoms with Crippen LogP contribution < -0.4 is 14.8 Å². The Labute approximate surface area is 118 Å². The first-order valence-electron chi connectivity index (χ1n) is 6.38. The molecule has 20 heavy (non-hydrogen) atoms. The average Bonchev–Trinajstić information content (AvgIpc) is 2.49. The van der Waals surface area contributed by atoms with Gasteiger partial charge in [-0.05, 0) is 25.1 Å². The van der Waals surface area contributed by atoms with E-state index in [4.69, 9.17) is 9.47 Å². The van der Waals surface area contributed by atoms with Gasteiger partial charge in [-0.1, -0.05) is 18.2 Å². The molecule has 0 aliphatic heterocycles. The molecule has 3 nitrogen and oxygen atoms in total. The molecule has 0 aliphatic rings. The minimum Gasteiger partial charge on any atom is -0.496 e. The number of hydrogen-bond acceptors (Lipinski definition) is 3. The van der Waals surface area contributed by atoms with Crippen molar-refractivity contribution < 1.29 is 13.9 Å². The number of halogens is 1. The van der Waals surface area contributed by atoms with Crippen molar-refractivity contribution >= 4 is 5.69 Å². The molecule has 1 unspecified atom stereocenters. The zero-order valence-electron chi connectivity index (χ0n) is 11.8. The van der Waals surface area contributed by atoms with Crippen molar-refractivity contribution in [1.82, 2.24) is 0 Å². The number of anilines is 1. The van der Waals surface area contributed by atoms with E-state index in [0.717, 1.165) is 17.0 Å². The number of ether oxygens (including phenoxy) is 2. The summed E-state index contributed by atoms with van der Waals surface area (Å²) >= 11 is 0. The number of benzene rings is 2. The van der Waals surface area contributed by atoms with Gasteiger partial charge < -0.3 is 14.8 Å². The summed E-state index contributed by atoms with van der Waals surface area (Å²) < 4.78 is 23.7. The molecule has 1 N–H and O–H groups in total. The molecule has 0 radical (unpaired) electrons. The van der Waals surface area contributed by atoms with Gasteiger partial charge in [-0.3, -0.25) is 0 Å². The zero-order chi connectivity index (χ0) is 14.5. The summed E-state index contributed by atoms with van der Waals surface area (Å²) in [6, 6.07) is 12.5. The van der Waals surface area contributed by atoms with Gasteiger partial charge in [0.25, 0.3) is 0 Å². The Morgan fingerprint density at radius 3 is 2.40 bits per heavy atom. The fourth-order valence-corrected chi connectivity index (χ4v) is 2.10. The fourth-order valence-electron chi connectivity index (χ4n) is 2.10. The standard InChI is InChI=1S/C16H18FNO2/c1-11(13-6-4-5-7-15(13)19-2)18-12-8-9-14(17)16(10-12)20-3/h4-11,18H,1-3H3. The third kappa shape index (κ3) is 3.02. The normalized spacial score (nSPS) is 11.8. The predicted molar refractivity (Wildman–Crippen MR) is 78.0 cm³/mol. The Morgan fingerprint density at radius 2 is 1.70 bits per heavy atom. The Balaban J connectivity index is 2.21. The summed E-state index contributed by atoms with van der Waals surface area (Å²) in [5.41, 5.74) is 1.83. The molecule has 1 atom stereocenters. The highest BCUT2D eigenvalue weighted by atomic mass is 19.1. The molecule has 0 aliphatic carbocycles. The van der Waals surface area contributed by atoms with Crippen molar-refractivity contribution in [2.45, 2.75) is 13.0 Å². The maximum Gasteiger partial charge on any atom is 0.165 e. The van der Waals surface area contributed by atoms with Gasteiger partial charge in [0.1, 0.15) is 5.75 Å². The second-order valence-electron chi connectivity index (χ2n) is 4.46. The molecule has 106 valence electrons. The summed E-state index contributed by atoms with van der Waals surface area (Å²) in [5.74, 6) is 0.673. The number of para-hydroxylation sites is 1. The van der Waals surface area contributed by atoms with E-state index in [9.17, 15) is 4.39 Å². The number of hydrogen-bond donors (Lipinski definition) is 1. The number of nitrogens with one attached hydrogen (secondary N) is 1. The number of rotatable bonds is 5. The van der Waals surface area contributed by atoms with E-state index in [-0.39, 0.29) is 17.6 Å². The van der Waals surface area contributed by atoms with Gasteiger partial charge >= 0.3 is 0 Å². The highest BCUT2D eigenvalue weighted by Gasteiger charge is 2.11. The Kier molecular flexibility index (Phi) is 4.45. The lowest BCUT2D eigenvalue weighted by Crippen LogP contribution is -2.08. The van der Waals surface area contributed by atoms with Gasteiger partial charge in [-0.15, -0.1) is 0 Å². The second-order valence-corrected chi connectivity index (χ2v) is 4.46. The van der Waals surface area contributed by atoms with Crippen LogP contribution in [0, 0.1) is 5.82 Å². The van der Waals surface area contributed by atoms with E-state index in [0.29, 0.717) is 0 Å². The van der Waals surface area contributed by atoms with Gasteiger partial charge in [0.05, 0.1) is 20.3 Å². The summed E-state index contributed by atoms with van der Waals surface area (Å²) in [6.45, 7) is 2.02. The van der Waals surface area contributed by atoms with Crippen LogP contribution in [0.4, 0.5) is 10.1 Å². The van der Waals surface area contributed by atoms with E-state index in [1.807, 2.05) is 31.2 Å². The Morgan fingerprint density at radius 1 is 1.00 bits per heavy atom. The topological polar surface area (TPSA) is 30.5 Å². The molecular formula is C16H18FNO2. The van der Waals surface area contributed by atoms with E-state index in [2.05, 4.69) is 5.32 Å². The molecule has 0 saturated heterocycles. The smallest absolute Gasteiger partial charge is 0.165 e. The van der Waals surface area contributed by atoms with Crippen molar-refractivity contribution in [2.75, 3.05) is 19.5 Å². The summed E-state index contributed by atoms with van der Waals surface area (Å²) in [4.78, 5) is 0. The lowest BCUT2D eigenvalue weighted by Gasteiger charge is -2.18. The third-order valence-electron chi connectivity index (χ3n) is 3.14. The average molecular weight is 275 g/mol. The van der Waals surface area contributed by atoms with Gasteiger partial charge in [-0.25, -0.2) is 4.39 Å². The maximum absolute atomic E-state index is 13.4. The van der Waals surface area contributed by atoms with Crippen LogP contribution >= 0.6 is 0 Å². The first-order chi connectivity index (χ1) is 9.65. The van der Waals surface area contributed by atoms with Crippen LogP contribution in [0.15, 0.2) is 42.5 Å². The van der Waals surface area contributed by atoms with Crippen LogP contribution in [0.3, 0.4) is 0 Å². The molecule has 4 heteroatoms. The highest BCUT2D eigenvalue weighted by Crippen LogP contribution is 2.29. The largest absolute Gasteiger partial charge is 0.496 e. The van der Waals surface area contributed by atoms with Crippen molar-refractivity contribution in [2.24, 2.45) is 0 Å². The second kappa shape index (κ2) is 6.28. The quantitative estimate of drug-likeness (QED) is 0.894. The molecule has 0 amide bonds. The van der Waals surface area contributed by atoms with Crippen LogP contribution in [0.25, 0.3) is 0 Å². The van der Waals surface area contributed by atoms with Crippen LogP contribution in [-0.2, 0) is 0 Å². The van der Waals surface area contributed by atoms with E-state index >= 15 is 0 Å². The fraction of sp³-hybridized carbons (Fsp3) is 0.250. The highest BCUT2D eigenvalue weighted by molar-refractivity contribution is 5.51. The molecule has 0 fully saturated rings. The monoisotopic (exact) mass is 275 g/mol. The minimum atomic E-state index is -0.372. The minimum absolute atomic E-state index is 0.0290. The molecule has 0 spiro atoms. The molecule has 2 aromatic rings. The molecule has 0 saturated carbocycles. The van der Waals surface area contributed by atoms with Gasteiger partial charge in [0.2, 0.25) is 0 Å². The molecule has 0 bridgehead atoms. The first kappa shape index (κ1) is 14.2. The summed E-state index contributed by atoms with van der Waals surface area (Å²) in [7, 11) is 3.10. The van der Waals surface area contributed by atoms with Gasteiger partial charge in [0, 0.05) is 17.3 Å². The van der Waals surface area contributed by atoms with Crippen molar-refractivity contribution in [1.29, 1.82) is 0 Å². The molecular weight excluding hydrogens is 257 g/mol. The van der Waals surface area contributed by atoms with Crippen molar-refractivity contribution in [3.8, 4) is 11.5 Å². The van der Waals surface area contributed by atoms with Crippen LogP contribution in [-0.4, -0.2) is 14.2 Å². The lowest BCUT2D eigenvalue weighted by molar-refractivity contribution is 0.386. The molecule has 2 aromatic carbocycles. The van der Waals surface area contributed by atoms with E-state index < -0.39 is 0 Å². The van der Waals surface area contributed by atoms with E-state index in [1.165, 1.54) is 13.2 Å². The van der Waals surface area contributed by atoms with Crippen molar-refractivity contribution in [3.63, 3.8) is 0 Å². The number of methoxy groups -OCH3 is 2. The third-order valence-corrected chi connectivity index (χ3v) is 3.14. The molecule has 2 rings (SSSR count). The zero-order valence-corrected chi connectivity index (χ0v) is 11.8.